The van der Waals surface area contributed by atoms with Crippen LogP contribution < -0.4 is 9.80 Å². The van der Waals surface area contributed by atoms with E-state index < -0.39 is 0 Å². The quantitative estimate of drug-likeness (QED) is 0.160. The van der Waals surface area contributed by atoms with Crippen LogP contribution in [-0.2, 0) is 10.8 Å². The molecule has 0 heterocycles. The fourth-order valence-corrected chi connectivity index (χ4v) is 9.56. The number of hydrogen-bond donors (Lipinski definition) is 0. The van der Waals surface area contributed by atoms with Crippen LogP contribution in [0.1, 0.15) is 49.9 Å². The lowest BCUT2D eigenvalue weighted by atomic mass is 9.81. The van der Waals surface area contributed by atoms with Gasteiger partial charge in [-0.2, -0.15) is 0 Å². The molecule has 2 nitrogen and oxygen atoms in total. The Morgan fingerprint density at radius 2 is 0.737 bits per heavy atom. The standard InChI is InChI=1S/C54H43ClN2/c1-53(2)49-22-10-8-20-45(49)47-30-26-37(32-51(47)53)36-24-27-40(28-25-36)57(41-17-12-14-38(55)33-41)43-19-13-18-42(34-43)56(39-15-6-5-7-16-39)44-29-31-48-46-21-9-11-23-50(46)54(3,4)52(48)35-44/h5-35H,1-4H3. The van der Waals surface area contributed by atoms with E-state index in [0.717, 1.165) is 34.1 Å². The minimum Gasteiger partial charge on any atom is -0.310 e. The van der Waals surface area contributed by atoms with Gasteiger partial charge in [0.25, 0.3) is 0 Å². The Labute approximate surface area is 341 Å². The van der Waals surface area contributed by atoms with Crippen molar-refractivity contribution in [1.29, 1.82) is 0 Å². The molecule has 0 N–H and O–H groups in total. The Kier molecular flexibility index (Phi) is 8.25. The molecule has 10 rings (SSSR count). The predicted octanol–water partition coefficient (Wildman–Crippen LogP) is 15.6. The van der Waals surface area contributed by atoms with E-state index in [1.54, 1.807) is 0 Å². The number of benzene rings is 8. The highest BCUT2D eigenvalue weighted by Gasteiger charge is 2.37. The zero-order valence-electron chi connectivity index (χ0n) is 32.7. The minimum atomic E-state index is -0.108. The SMILES string of the molecule is CC1(C)c2ccccc2-c2ccc(-c3ccc(N(c4cccc(Cl)c4)c4cccc(N(c5ccccc5)c5ccc6c(c5)C(C)(C)c5ccccc5-6)c4)cc3)cc21. The molecule has 0 spiro atoms. The van der Waals surface area contributed by atoms with Crippen LogP contribution >= 0.6 is 11.6 Å². The van der Waals surface area contributed by atoms with Gasteiger partial charge in [0.1, 0.15) is 0 Å². The summed E-state index contributed by atoms with van der Waals surface area (Å²) in [6.07, 6.45) is 0. The average molecular weight is 755 g/mol. The molecule has 2 aliphatic carbocycles. The van der Waals surface area contributed by atoms with Gasteiger partial charge in [-0.1, -0.05) is 148 Å². The first-order valence-corrected chi connectivity index (χ1v) is 20.2. The van der Waals surface area contributed by atoms with Crippen molar-refractivity contribution in [1.82, 2.24) is 0 Å². The monoisotopic (exact) mass is 754 g/mol. The van der Waals surface area contributed by atoms with Crippen LogP contribution in [0.5, 0.6) is 0 Å². The third-order valence-electron chi connectivity index (χ3n) is 12.3. The summed E-state index contributed by atoms with van der Waals surface area (Å²) < 4.78 is 0. The van der Waals surface area contributed by atoms with Gasteiger partial charge >= 0.3 is 0 Å². The number of halogens is 1. The Bertz CT molecular complexity index is 2820. The first-order chi connectivity index (χ1) is 27.7. The van der Waals surface area contributed by atoms with Crippen molar-refractivity contribution >= 4 is 45.7 Å². The molecule has 0 unspecified atom stereocenters. The zero-order chi connectivity index (χ0) is 38.9. The molecular weight excluding hydrogens is 712 g/mol. The number of hydrogen-bond acceptors (Lipinski definition) is 2. The van der Waals surface area contributed by atoms with E-state index in [-0.39, 0.29) is 10.8 Å². The van der Waals surface area contributed by atoms with Gasteiger partial charge in [-0.15, -0.1) is 0 Å². The molecular formula is C54H43ClN2. The molecule has 3 heteroatoms. The summed E-state index contributed by atoms with van der Waals surface area (Å²) in [5.41, 5.74) is 19.4. The first kappa shape index (κ1) is 35.1. The van der Waals surface area contributed by atoms with Crippen molar-refractivity contribution < 1.29 is 0 Å². The second kappa shape index (κ2) is 13.4. The molecule has 8 aromatic carbocycles. The highest BCUT2D eigenvalue weighted by atomic mass is 35.5. The minimum absolute atomic E-state index is 0.0507. The molecule has 0 saturated carbocycles. The van der Waals surface area contributed by atoms with Crippen LogP contribution in [0.4, 0.5) is 34.1 Å². The van der Waals surface area contributed by atoms with Crippen molar-refractivity contribution in [2.45, 2.75) is 38.5 Å². The Morgan fingerprint density at radius 1 is 0.316 bits per heavy atom. The van der Waals surface area contributed by atoms with Crippen LogP contribution in [-0.4, -0.2) is 0 Å². The Hall–Kier alpha value is -6.35. The van der Waals surface area contributed by atoms with Gasteiger partial charge in [0.05, 0.1) is 0 Å². The van der Waals surface area contributed by atoms with Gasteiger partial charge in [0.15, 0.2) is 0 Å². The van der Waals surface area contributed by atoms with Gasteiger partial charge in [-0.05, 0) is 134 Å². The largest absolute Gasteiger partial charge is 0.310 e. The summed E-state index contributed by atoms with van der Waals surface area (Å²) in [6.45, 7) is 9.36. The molecule has 0 radical (unpaired) electrons. The lowest BCUT2D eigenvalue weighted by Gasteiger charge is -2.30. The van der Waals surface area contributed by atoms with Crippen LogP contribution in [0.3, 0.4) is 0 Å². The molecule has 0 fully saturated rings. The maximum absolute atomic E-state index is 6.68. The highest BCUT2D eigenvalue weighted by molar-refractivity contribution is 6.30. The fourth-order valence-electron chi connectivity index (χ4n) is 9.38. The molecule has 0 amide bonds. The Morgan fingerprint density at radius 3 is 1.35 bits per heavy atom. The van der Waals surface area contributed by atoms with E-state index >= 15 is 0 Å². The van der Waals surface area contributed by atoms with Crippen LogP contribution in [0, 0.1) is 0 Å². The molecule has 8 aromatic rings. The number of para-hydroxylation sites is 1. The maximum Gasteiger partial charge on any atom is 0.0482 e. The fraction of sp³-hybridized carbons (Fsp3) is 0.111. The van der Waals surface area contributed by atoms with Crippen molar-refractivity contribution in [2.24, 2.45) is 0 Å². The molecule has 0 aromatic heterocycles. The van der Waals surface area contributed by atoms with E-state index in [9.17, 15) is 0 Å². The third-order valence-corrected chi connectivity index (χ3v) is 12.5. The summed E-state index contributed by atoms with van der Waals surface area (Å²) >= 11 is 6.68. The molecule has 0 saturated heterocycles. The Balaban J connectivity index is 1.05. The van der Waals surface area contributed by atoms with Crippen molar-refractivity contribution in [3.8, 4) is 33.4 Å². The molecule has 0 aliphatic heterocycles. The third kappa shape index (κ3) is 5.78. The normalized spacial score (nSPS) is 14.0. The van der Waals surface area contributed by atoms with Crippen LogP contribution in [0.15, 0.2) is 188 Å². The van der Waals surface area contributed by atoms with E-state index in [1.165, 1.54) is 55.6 Å². The molecule has 0 bridgehead atoms. The topological polar surface area (TPSA) is 6.48 Å². The van der Waals surface area contributed by atoms with Crippen molar-refractivity contribution in [3.05, 3.63) is 215 Å². The molecule has 0 atom stereocenters. The van der Waals surface area contributed by atoms with E-state index in [0.29, 0.717) is 5.02 Å². The summed E-state index contributed by atoms with van der Waals surface area (Å²) in [5, 5.41) is 0.694. The maximum atomic E-state index is 6.68. The van der Waals surface area contributed by atoms with Gasteiger partial charge in [0, 0.05) is 50.0 Å². The lowest BCUT2D eigenvalue weighted by Crippen LogP contribution is -2.17. The lowest BCUT2D eigenvalue weighted by molar-refractivity contribution is 0.660. The summed E-state index contributed by atoms with van der Waals surface area (Å²) in [6, 6.07) is 68.1. The molecule has 276 valence electrons. The smallest absolute Gasteiger partial charge is 0.0482 e. The van der Waals surface area contributed by atoms with Crippen molar-refractivity contribution in [3.63, 3.8) is 0 Å². The summed E-state index contributed by atoms with van der Waals surface area (Å²) in [5.74, 6) is 0. The zero-order valence-corrected chi connectivity index (χ0v) is 33.4. The van der Waals surface area contributed by atoms with Crippen LogP contribution in [0.25, 0.3) is 33.4 Å². The van der Waals surface area contributed by atoms with E-state index in [4.69, 9.17) is 11.6 Å². The van der Waals surface area contributed by atoms with Gasteiger partial charge in [-0.3, -0.25) is 0 Å². The summed E-state index contributed by atoms with van der Waals surface area (Å²) in [4.78, 5) is 4.67. The van der Waals surface area contributed by atoms with Crippen molar-refractivity contribution in [2.75, 3.05) is 9.80 Å². The van der Waals surface area contributed by atoms with Crippen LogP contribution in [0.2, 0.25) is 5.02 Å². The molecule has 2 aliphatic rings. The van der Waals surface area contributed by atoms with Gasteiger partial charge < -0.3 is 9.80 Å². The number of fused-ring (bicyclic) bond motifs is 6. The second-order valence-corrected chi connectivity index (χ2v) is 16.8. The number of rotatable bonds is 7. The summed E-state index contributed by atoms with van der Waals surface area (Å²) in [7, 11) is 0. The van der Waals surface area contributed by atoms with Gasteiger partial charge in [-0.25, -0.2) is 0 Å². The molecule has 57 heavy (non-hydrogen) atoms. The van der Waals surface area contributed by atoms with Gasteiger partial charge in [0.2, 0.25) is 0 Å². The van der Waals surface area contributed by atoms with E-state index in [1.807, 2.05) is 18.2 Å². The average Bonchev–Trinajstić information content (AvgIpc) is 3.61. The first-order valence-electron chi connectivity index (χ1n) is 19.8. The highest BCUT2D eigenvalue weighted by Crippen LogP contribution is 2.52. The predicted molar refractivity (Wildman–Crippen MR) is 241 cm³/mol. The second-order valence-electron chi connectivity index (χ2n) is 16.4. The van der Waals surface area contributed by atoms with E-state index in [2.05, 4.69) is 207 Å². The number of nitrogens with zero attached hydrogens (tertiary/aromatic N) is 2. The number of anilines is 6.